The third-order valence-electron chi connectivity index (χ3n) is 5.48. The van der Waals surface area contributed by atoms with Gasteiger partial charge in [-0.05, 0) is 54.8 Å². The second-order valence-corrected chi connectivity index (χ2v) is 7.35. The van der Waals surface area contributed by atoms with Crippen molar-refractivity contribution in [3.05, 3.63) is 77.6 Å². The first kappa shape index (κ1) is 17.7. The van der Waals surface area contributed by atoms with Gasteiger partial charge in [-0.1, -0.05) is 48.5 Å². The maximum atomic E-state index is 11.6. The molecule has 2 heterocycles. The van der Waals surface area contributed by atoms with Gasteiger partial charge in [-0.2, -0.15) is 0 Å². The number of hydrogen-bond acceptors (Lipinski definition) is 3. The lowest BCUT2D eigenvalue weighted by molar-refractivity contribution is -0.143. The molecule has 1 aliphatic heterocycles. The first-order valence-corrected chi connectivity index (χ1v) is 9.51. The Morgan fingerprint density at radius 2 is 1.89 bits per heavy atom. The largest absolute Gasteiger partial charge is 0.481 e. The van der Waals surface area contributed by atoms with Crippen molar-refractivity contribution < 1.29 is 9.90 Å². The van der Waals surface area contributed by atoms with Gasteiger partial charge in [0.15, 0.2) is 0 Å². The summed E-state index contributed by atoms with van der Waals surface area (Å²) in [5.74, 6) is -1.02. The van der Waals surface area contributed by atoms with Gasteiger partial charge in [-0.3, -0.25) is 14.7 Å². The summed E-state index contributed by atoms with van der Waals surface area (Å²) >= 11 is 0. The van der Waals surface area contributed by atoms with Crippen molar-refractivity contribution in [2.45, 2.75) is 25.8 Å². The molecule has 0 radical (unpaired) electrons. The molecule has 1 aromatic heterocycles. The number of pyridine rings is 1. The highest BCUT2D eigenvalue weighted by Crippen LogP contribution is 2.35. The van der Waals surface area contributed by atoms with Crippen LogP contribution >= 0.6 is 0 Å². The number of piperidine rings is 1. The molecular formula is C23H24N2O2. The molecule has 0 saturated carbocycles. The van der Waals surface area contributed by atoms with Gasteiger partial charge < -0.3 is 5.11 Å². The average Bonchev–Trinajstić information content (AvgIpc) is 2.69. The highest BCUT2D eigenvalue weighted by molar-refractivity contribution is 5.86. The number of carbonyl (C=O) groups is 1. The summed E-state index contributed by atoms with van der Waals surface area (Å²) in [6.45, 7) is 3.44. The monoisotopic (exact) mass is 360 g/mol. The summed E-state index contributed by atoms with van der Waals surface area (Å²) in [4.78, 5) is 18.7. The maximum absolute atomic E-state index is 11.6. The maximum Gasteiger partial charge on any atom is 0.307 e. The number of likely N-dealkylation sites (tertiary alicyclic amines) is 1. The lowest BCUT2D eigenvalue weighted by Gasteiger charge is -2.37. The van der Waals surface area contributed by atoms with E-state index >= 15 is 0 Å². The summed E-state index contributed by atoms with van der Waals surface area (Å²) in [7, 11) is 0. The fraction of sp³-hybridized carbons (Fsp3) is 0.304. The number of aryl methyl sites for hydroxylation is 1. The van der Waals surface area contributed by atoms with Crippen molar-refractivity contribution in [3.8, 4) is 0 Å². The second-order valence-electron chi connectivity index (χ2n) is 7.35. The summed E-state index contributed by atoms with van der Waals surface area (Å²) in [5.41, 5.74) is 3.15. The number of carboxylic acids is 1. The van der Waals surface area contributed by atoms with Crippen LogP contribution in [-0.2, 0) is 4.79 Å². The van der Waals surface area contributed by atoms with Crippen LogP contribution in [0.2, 0.25) is 0 Å². The number of hydrogen-bond donors (Lipinski definition) is 1. The van der Waals surface area contributed by atoms with Gasteiger partial charge in [-0.15, -0.1) is 0 Å². The molecule has 2 atom stereocenters. The Labute approximate surface area is 159 Å². The van der Waals surface area contributed by atoms with Gasteiger partial charge in [-0.25, -0.2) is 0 Å². The Balaban J connectivity index is 1.84. The Hall–Kier alpha value is -2.72. The first-order valence-electron chi connectivity index (χ1n) is 9.51. The van der Waals surface area contributed by atoms with Crippen LogP contribution in [0.5, 0.6) is 0 Å². The van der Waals surface area contributed by atoms with E-state index in [4.69, 9.17) is 4.98 Å². The summed E-state index contributed by atoms with van der Waals surface area (Å²) in [5, 5.41) is 11.9. The minimum absolute atomic E-state index is 0.0434. The van der Waals surface area contributed by atoms with Crippen LogP contribution in [0.15, 0.2) is 60.7 Å². The van der Waals surface area contributed by atoms with Crippen LogP contribution in [0.1, 0.15) is 35.8 Å². The van der Waals surface area contributed by atoms with Crippen molar-refractivity contribution in [1.29, 1.82) is 0 Å². The first-order chi connectivity index (χ1) is 13.1. The molecule has 27 heavy (non-hydrogen) atoms. The highest BCUT2D eigenvalue weighted by Gasteiger charge is 2.32. The van der Waals surface area contributed by atoms with E-state index in [1.165, 1.54) is 16.3 Å². The lowest BCUT2D eigenvalue weighted by atomic mass is 9.91. The van der Waals surface area contributed by atoms with Crippen LogP contribution in [-0.4, -0.2) is 34.0 Å². The van der Waals surface area contributed by atoms with Crippen LogP contribution in [0.4, 0.5) is 0 Å². The van der Waals surface area contributed by atoms with E-state index in [-0.39, 0.29) is 12.0 Å². The van der Waals surface area contributed by atoms with Gasteiger partial charge in [0.2, 0.25) is 0 Å². The summed E-state index contributed by atoms with van der Waals surface area (Å²) in [6.07, 6.45) is 1.64. The quantitative estimate of drug-likeness (QED) is 0.748. The summed E-state index contributed by atoms with van der Waals surface area (Å²) in [6, 6.07) is 20.8. The third-order valence-corrected chi connectivity index (χ3v) is 5.48. The average molecular weight is 360 g/mol. The number of rotatable bonds is 4. The molecule has 2 unspecified atom stereocenters. The molecule has 4 nitrogen and oxygen atoms in total. The Morgan fingerprint density at radius 3 is 2.70 bits per heavy atom. The van der Waals surface area contributed by atoms with Crippen molar-refractivity contribution in [2.75, 3.05) is 13.1 Å². The molecule has 2 aromatic carbocycles. The number of aromatic nitrogens is 1. The molecule has 1 saturated heterocycles. The predicted octanol–water partition coefficient (Wildman–Crippen LogP) is 4.43. The smallest absolute Gasteiger partial charge is 0.307 e. The van der Waals surface area contributed by atoms with Crippen LogP contribution in [0.25, 0.3) is 10.8 Å². The zero-order valence-corrected chi connectivity index (χ0v) is 15.5. The number of benzene rings is 2. The van der Waals surface area contributed by atoms with Crippen molar-refractivity contribution in [1.82, 2.24) is 9.88 Å². The minimum atomic E-state index is -0.700. The van der Waals surface area contributed by atoms with Gasteiger partial charge in [0, 0.05) is 12.2 Å². The van der Waals surface area contributed by atoms with Crippen molar-refractivity contribution in [2.24, 2.45) is 5.92 Å². The normalized spacial score (nSPS) is 19.1. The van der Waals surface area contributed by atoms with E-state index in [1.54, 1.807) is 0 Å². The molecule has 1 aliphatic rings. The van der Waals surface area contributed by atoms with E-state index in [1.807, 2.05) is 25.1 Å². The van der Waals surface area contributed by atoms with Crippen molar-refractivity contribution >= 4 is 16.7 Å². The molecule has 4 heteroatoms. The summed E-state index contributed by atoms with van der Waals surface area (Å²) < 4.78 is 0. The predicted molar refractivity (Wildman–Crippen MR) is 107 cm³/mol. The van der Waals surface area contributed by atoms with Crippen molar-refractivity contribution in [3.63, 3.8) is 0 Å². The Bertz CT molecular complexity index is 964. The van der Waals surface area contributed by atoms with Crippen LogP contribution in [0, 0.1) is 12.8 Å². The molecule has 3 aromatic rings. The molecule has 0 spiro atoms. The fourth-order valence-electron chi connectivity index (χ4n) is 4.19. The second kappa shape index (κ2) is 7.49. The molecule has 0 bridgehead atoms. The van der Waals surface area contributed by atoms with Gasteiger partial charge in [0.05, 0.1) is 17.7 Å². The molecular weight excluding hydrogens is 336 g/mol. The third kappa shape index (κ3) is 3.58. The van der Waals surface area contributed by atoms with Crippen LogP contribution in [0.3, 0.4) is 0 Å². The highest BCUT2D eigenvalue weighted by atomic mass is 16.4. The van der Waals surface area contributed by atoms with E-state index in [0.717, 1.165) is 30.8 Å². The fourth-order valence-corrected chi connectivity index (χ4v) is 4.19. The van der Waals surface area contributed by atoms with Gasteiger partial charge in [0.25, 0.3) is 0 Å². The van der Waals surface area contributed by atoms with Gasteiger partial charge in [0.1, 0.15) is 0 Å². The van der Waals surface area contributed by atoms with Gasteiger partial charge >= 0.3 is 5.97 Å². The van der Waals surface area contributed by atoms with E-state index in [2.05, 4.69) is 47.4 Å². The zero-order chi connectivity index (χ0) is 18.8. The number of nitrogens with zero attached hydrogens (tertiary/aromatic N) is 2. The molecule has 0 aliphatic carbocycles. The SMILES string of the molecule is Cc1cccc(C(c2cccc3ccccc23)N2CCCC(C(=O)O)C2)n1. The van der Waals surface area contributed by atoms with E-state index < -0.39 is 5.97 Å². The molecule has 4 rings (SSSR count). The number of carboxylic acid groups (broad SMARTS) is 1. The molecule has 1 N–H and O–H groups in total. The Morgan fingerprint density at radius 1 is 1.11 bits per heavy atom. The van der Waals surface area contributed by atoms with E-state index in [0.29, 0.717) is 6.54 Å². The lowest BCUT2D eigenvalue weighted by Crippen LogP contribution is -2.41. The molecule has 0 amide bonds. The topological polar surface area (TPSA) is 53.4 Å². The standard InChI is InChI=1S/C23H24N2O2/c1-16-7-4-13-21(24-16)22(25-14-6-10-18(15-25)23(26)27)20-12-5-9-17-8-2-3-11-19(17)20/h2-5,7-9,11-13,18,22H,6,10,14-15H2,1H3,(H,26,27). The molecule has 1 fully saturated rings. The zero-order valence-electron chi connectivity index (χ0n) is 15.5. The number of aliphatic carboxylic acids is 1. The van der Waals surface area contributed by atoms with Crippen LogP contribution < -0.4 is 0 Å². The molecule has 138 valence electrons. The minimum Gasteiger partial charge on any atom is -0.481 e. The number of fused-ring (bicyclic) bond motifs is 1. The Kier molecular flexibility index (Phi) is 4.90. The van der Waals surface area contributed by atoms with E-state index in [9.17, 15) is 9.90 Å².